The maximum atomic E-state index is 11.1. The Morgan fingerprint density at radius 1 is 0.966 bits per heavy atom. The molecule has 2 aromatic rings. The molecule has 0 aromatic heterocycles. The first-order valence-corrected chi connectivity index (χ1v) is 10.7. The van der Waals surface area contributed by atoms with Crippen LogP contribution in [0.25, 0.3) is 0 Å². The zero-order valence-corrected chi connectivity index (χ0v) is 17.6. The second-order valence-electron chi connectivity index (χ2n) is 8.46. The molecule has 0 unspecified atom stereocenters. The normalized spacial score (nSPS) is 16.6. The quantitative estimate of drug-likeness (QED) is 0.663. The molecule has 29 heavy (non-hydrogen) atoms. The summed E-state index contributed by atoms with van der Waals surface area (Å²) in [5.74, 6) is -0.281. The van der Waals surface area contributed by atoms with Gasteiger partial charge in [0.05, 0.1) is 6.42 Å². The number of likely N-dealkylation sites (tertiary alicyclic amines) is 1. The molecule has 1 fully saturated rings. The summed E-state index contributed by atoms with van der Waals surface area (Å²) >= 11 is 0. The molecule has 0 bridgehead atoms. The molecule has 156 valence electrons. The van der Waals surface area contributed by atoms with Gasteiger partial charge >= 0.3 is 0 Å². The van der Waals surface area contributed by atoms with Crippen molar-refractivity contribution in [1.82, 2.24) is 4.90 Å². The fraction of sp³-hybridized carbons (Fsp3) is 0.480. The summed E-state index contributed by atoms with van der Waals surface area (Å²) in [6.07, 6.45) is 6.28. The van der Waals surface area contributed by atoms with Gasteiger partial charge in [-0.1, -0.05) is 54.6 Å². The Morgan fingerprint density at radius 2 is 1.62 bits per heavy atom. The third-order valence-corrected chi connectivity index (χ3v) is 6.35. The van der Waals surface area contributed by atoms with Crippen molar-refractivity contribution in [2.45, 2.75) is 45.1 Å². The lowest BCUT2D eigenvalue weighted by molar-refractivity contribution is -0.117. The first kappa shape index (κ1) is 21.5. The third kappa shape index (κ3) is 6.69. The van der Waals surface area contributed by atoms with Crippen molar-refractivity contribution in [3.05, 3.63) is 71.3 Å². The molecule has 2 N–H and O–H groups in total. The summed E-state index contributed by atoms with van der Waals surface area (Å²) < 4.78 is 5.44. The molecule has 1 aliphatic heterocycles. The first-order valence-electron chi connectivity index (χ1n) is 10.7. The number of benzene rings is 2. The van der Waals surface area contributed by atoms with Gasteiger partial charge in [0.25, 0.3) is 0 Å². The molecule has 0 radical (unpaired) electrons. The lowest BCUT2D eigenvalue weighted by Crippen LogP contribution is -2.40. The van der Waals surface area contributed by atoms with Gasteiger partial charge in [-0.05, 0) is 67.3 Å². The highest BCUT2D eigenvalue weighted by Crippen LogP contribution is 2.39. The smallest absolute Gasteiger partial charge is 0.221 e. The number of primary amides is 1. The van der Waals surface area contributed by atoms with Crippen LogP contribution in [-0.4, -0.2) is 37.6 Å². The van der Waals surface area contributed by atoms with E-state index in [-0.39, 0.29) is 5.91 Å². The number of carbonyl (C=O) groups is 1. The molecule has 1 aliphatic rings. The summed E-state index contributed by atoms with van der Waals surface area (Å²) in [6, 6.07) is 19.1. The van der Waals surface area contributed by atoms with Crippen molar-refractivity contribution >= 4 is 5.91 Å². The van der Waals surface area contributed by atoms with Gasteiger partial charge in [0.2, 0.25) is 5.91 Å². The maximum absolute atomic E-state index is 11.1. The van der Waals surface area contributed by atoms with E-state index in [9.17, 15) is 4.79 Å². The Hall–Kier alpha value is -2.17. The highest BCUT2D eigenvalue weighted by Gasteiger charge is 2.33. The number of piperidine rings is 1. The van der Waals surface area contributed by atoms with Gasteiger partial charge in [-0.2, -0.15) is 0 Å². The largest absolute Gasteiger partial charge is 0.385 e. The van der Waals surface area contributed by atoms with Crippen LogP contribution in [0, 0.1) is 5.41 Å². The van der Waals surface area contributed by atoms with E-state index in [4.69, 9.17) is 10.5 Å². The lowest BCUT2D eigenvalue weighted by atomic mass is 9.72. The predicted octanol–water partition coefficient (Wildman–Crippen LogP) is 3.97. The van der Waals surface area contributed by atoms with E-state index < -0.39 is 0 Å². The molecule has 1 amide bonds. The fourth-order valence-electron chi connectivity index (χ4n) is 4.41. The minimum atomic E-state index is -0.281. The number of rotatable bonds is 10. The fourth-order valence-corrected chi connectivity index (χ4v) is 4.41. The Balaban J connectivity index is 1.54. The van der Waals surface area contributed by atoms with Crippen LogP contribution < -0.4 is 5.73 Å². The SMILES string of the molecule is COCCC1(CCc2ccccc2)CCN(Cc2ccc(CC(N)=O)cc2)CC1. The Morgan fingerprint density at radius 3 is 2.24 bits per heavy atom. The van der Waals surface area contributed by atoms with Crippen molar-refractivity contribution in [2.75, 3.05) is 26.8 Å². The standard InChI is InChI=1S/C25H34N2O2/c1-29-18-15-25(12-11-21-5-3-2-4-6-21)13-16-27(17-14-25)20-23-9-7-22(8-10-23)19-24(26)28/h2-10H,11-20H2,1H3,(H2,26,28). The van der Waals surface area contributed by atoms with Gasteiger partial charge in [-0.25, -0.2) is 0 Å². The zero-order valence-electron chi connectivity index (χ0n) is 17.6. The van der Waals surface area contributed by atoms with Crippen LogP contribution in [0.1, 0.15) is 42.4 Å². The van der Waals surface area contributed by atoms with Gasteiger partial charge in [0, 0.05) is 20.3 Å². The second kappa shape index (κ2) is 10.6. The van der Waals surface area contributed by atoms with Crippen LogP contribution in [-0.2, 0) is 28.9 Å². The third-order valence-electron chi connectivity index (χ3n) is 6.35. The molecule has 4 heteroatoms. The van der Waals surface area contributed by atoms with E-state index in [1.54, 1.807) is 0 Å². The number of hydrogen-bond donors (Lipinski definition) is 1. The van der Waals surface area contributed by atoms with E-state index in [2.05, 4.69) is 47.4 Å². The van der Waals surface area contributed by atoms with Crippen molar-refractivity contribution in [2.24, 2.45) is 11.1 Å². The molecule has 1 heterocycles. The maximum Gasteiger partial charge on any atom is 0.221 e. The molecule has 0 saturated carbocycles. The number of amides is 1. The van der Waals surface area contributed by atoms with E-state index in [0.29, 0.717) is 11.8 Å². The molecule has 1 saturated heterocycles. The number of aryl methyl sites for hydroxylation is 1. The minimum absolute atomic E-state index is 0.281. The summed E-state index contributed by atoms with van der Waals surface area (Å²) in [5, 5.41) is 0. The van der Waals surface area contributed by atoms with Crippen molar-refractivity contribution in [1.29, 1.82) is 0 Å². The topological polar surface area (TPSA) is 55.6 Å². The van der Waals surface area contributed by atoms with Crippen LogP contribution in [0.3, 0.4) is 0 Å². The van der Waals surface area contributed by atoms with Crippen molar-refractivity contribution < 1.29 is 9.53 Å². The van der Waals surface area contributed by atoms with Crippen molar-refractivity contribution in [3.8, 4) is 0 Å². The molecule has 0 spiro atoms. The number of hydrogen-bond acceptors (Lipinski definition) is 3. The van der Waals surface area contributed by atoms with Crippen LogP contribution in [0.4, 0.5) is 0 Å². The van der Waals surface area contributed by atoms with Gasteiger partial charge < -0.3 is 10.5 Å². The summed E-state index contributed by atoms with van der Waals surface area (Å²) in [4.78, 5) is 13.6. The zero-order chi connectivity index (χ0) is 20.5. The van der Waals surface area contributed by atoms with Gasteiger partial charge in [0.15, 0.2) is 0 Å². The summed E-state index contributed by atoms with van der Waals surface area (Å²) in [5.41, 5.74) is 9.38. The lowest BCUT2D eigenvalue weighted by Gasteiger charge is -2.42. The summed E-state index contributed by atoms with van der Waals surface area (Å²) in [6.45, 7) is 4.06. The average molecular weight is 395 g/mol. The Bertz CT molecular complexity index is 750. The number of ether oxygens (including phenoxy) is 1. The average Bonchev–Trinajstić information content (AvgIpc) is 2.74. The Kier molecular flexibility index (Phi) is 7.84. The van der Waals surface area contributed by atoms with Crippen LogP contribution >= 0.6 is 0 Å². The Labute approximate surface area is 175 Å². The van der Waals surface area contributed by atoms with Crippen LogP contribution in [0.2, 0.25) is 0 Å². The van der Waals surface area contributed by atoms with Crippen LogP contribution in [0.15, 0.2) is 54.6 Å². The molecule has 2 aromatic carbocycles. The highest BCUT2D eigenvalue weighted by atomic mass is 16.5. The van der Waals surface area contributed by atoms with Crippen LogP contribution in [0.5, 0.6) is 0 Å². The monoisotopic (exact) mass is 394 g/mol. The number of nitrogens with two attached hydrogens (primary N) is 1. The van der Waals surface area contributed by atoms with E-state index >= 15 is 0 Å². The predicted molar refractivity (Wildman–Crippen MR) is 118 cm³/mol. The summed E-state index contributed by atoms with van der Waals surface area (Å²) in [7, 11) is 1.81. The highest BCUT2D eigenvalue weighted by molar-refractivity contribution is 5.76. The molecular weight excluding hydrogens is 360 g/mol. The van der Waals surface area contributed by atoms with Gasteiger partial charge in [-0.3, -0.25) is 9.69 Å². The van der Waals surface area contributed by atoms with Gasteiger partial charge in [-0.15, -0.1) is 0 Å². The molecule has 0 atom stereocenters. The molecule has 0 aliphatic carbocycles. The first-order chi connectivity index (χ1) is 14.1. The molecule has 4 nitrogen and oxygen atoms in total. The number of methoxy groups -OCH3 is 1. The number of carbonyl (C=O) groups excluding carboxylic acids is 1. The molecular formula is C25H34N2O2. The van der Waals surface area contributed by atoms with Gasteiger partial charge in [0.1, 0.15) is 0 Å². The van der Waals surface area contributed by atoms with E-state index in [1.807, 2.05) is 19.2 Å². The molecule has 3 rings (SSSR count). The minimum Gasteiger partial charge on any atom is -0.385 e. The second-order valence-corrected chi connectivity index (χ2v) is 8.46. The van der Waals surface area contributed by atoms with E-state index in [1.165, 1.54) is 30.4 Å². The van der Waals surface area contributed by atoms with Crippen molar-refractivity contribution in [3.63, 3.8) is 0 Å². The van der Waals surface area contributed by atoms with E-state index in [0.717, 1.165) is 44.6 Å². The number of nitrogens with zero attached hydrogens (tertiary/aromatic N) is 1.